The van der Waals surface area contributed by atoms with Crippen molar-refractivity contribution in [2.45, 2.75) is 6.42 Å². The maximum absolute atomic E-state index is 8.90. The molecular weight excluding hydrogens is 148 g/mol. The number of hydrogen-bond acceptors (Lipinski definition) is 1. The lowest BCUT2D eigenvalue weighted by molar-refractivity contribution is 0.475. The van der Waals surface area contributed by atoms with Gasteiger partial charge < -0.3 is 5.11 Å². The molecule has 0 heterocycles. The molecule has 0 saturated heterocycles. The van der Waals surface area contributed by atoms with E-state index in [1.807, 2.05) is 30.3 Å². The van der Waals surface area contributed by atoms with Crippen molar-refractivity contribution in [3.8, 4) is 0 Å². The second kappa shape index (κ2) is 4.39. The quantitative estimate of drug-likeness (QED) is 0.532. The van der Waals surface area contributed by atoms with Crippen LogP contribution in [0, 0.1) is 0 Å². The number of aliphatic hydroxyl groups excluding tert-OH is 1. The molecule has 1 rings (SSSR count). The van der Waals surface area contributed by atoms with E-state index in [9.17, 15) is 0 Å². The largest absolute Gasteiger partial charge is 0.515 e. The van der Waals surface area contributed by atoms with E-state index in [4.69, 9.17) is 5.11 Å². The van der Waals surface area contributed by atoms with Crippen molar-refractivity contribution >= 4 is 5.57 Å². The number of benzene rings is 1. The molecule has 0 aliphatic heterocycles. The standard InChI is InChI=1S/C11H12O/c1-2-6-11(9-12)10-7-4-3-5-8-10/h2-5,7-9,12H,1,6H2. The Labute approximate surface area is 72.7 Å². The molecule has 0 amide bonds. The second-order valence-electron chi connectivity index (χ2n) is 2.51. The predicted molar refractivity (Wildman–Crippen MR) is 51.9 cm³/mol. The summed E-state index contributed by atoms with van der Waals surface area (Å²) in [6, 6.07) is 9.77. The molecule has 0 aromatic heterocycles. The zero-order valence-electron chi connectivity index (χ0n) is 6.90. The van der Waals surface area contributed by atoms with Gasteiger partial charge in [0.1, 0.15) is 0 Å². The van der Waals surface area contributed by atoms with Crippen LogP contribution in [0.4, 0.5) is 0 Å². The molecule has 12 heavy (non-hydrogen) atoms. The Balaban J connectivity index is 2.88. The number of aliphatic hydroxyl groups is 1. The lowest BCUT2D eigenvalue weighted by Crippen LogP contribution is -1.81. The van der Waals surface area contributed by atoms with E-state index in [1.165, 1.54) is 0 Å². The average Bonchev–Trinajstić information content (AvgIpc) is 2.15. The third-order valence-electron chi connectivity index (χ3n) is 1.66. The molecule has 0 aliphatic rings. The van der Waals surface area contributed by atoms with E-state index in [0.29, 0.717) is 6.42 Å². The second-order valence-corrected chi connectivity index (χ2v) is 2.51. The molecule has 0 unspecified atom stereocenters. The maximum atomic E-state index is 8.90. The van der Waals surface area contributed by atoms with E-state index < -0.39 is 0 Å². The molecule has 1 aromatic rings. The summed E-state index contributed by atoms with van der Waals surface area (Å²) in [5, 5.41) is 8.90. The van der Waals surface area contributed by atoms with E-state index >= 15 is 0 Å². The van der Waals surface area contributed by atoms with E-state index in [2.05, 4.69) is 6.58 Å². The minimum atomic E-state index is 0.695. The van der Waals surface area contributed by atoms with Crippen molar-refractivity contribution in [3.63, 3.8) is 0 Å². The van der Waals surface area contributed by atoms with Crippen LogP contribution in [0.3, 0.4) is 0 Å². The minimum Gasteiger partial charge on any atom is -0.515 e. The van der Waals surface area contributed by atoms with Gasteiger partial charge in [0, 0.05) is 0 Å². The van der Waals surface area contributed by atoms with Crippen LogP contribution in [0.2, 0.25) is 0 Å². The molecule has 0 saturated carbocycles. The summed E-state index contributed by atoms with van der Waals surface area (Å²) >= 11 is 0. The summed E-state index contributed by atoms with van der Waals surface area (Å²) in [5.74, 6) is 0. The fourth-order valence-corrected chi connectivity index (χ4v) is 1.05. The van der Waals surface area contributed by atoms with Crippen LogP contribution < -0.4 is 0 Å². The lowest BCUT2D eigenvalue weighted by atomic mass is 10.0. The Bertz CT molecular complexity index is 272. The zero-order valence-corrected chi connectivity index (χ0v) is 6.90. The van der Waals surface area contributed by atoms with Gasteiger partial charge in [-0.15, -0.1) is 6.58 Å². The topological polar surface area (TPSA) is 20.2 Å². The van der Waals surface area contributed by atoms with Gasteiger partial charge in [-0.1, -0.05) is 36.4 Å². The normalized spacial score (nSPS) is 11.2. The zero-order chi connectivity index (χ0) is 8.81. The Morgan fingerprint density at radius 1 is 1.33 bits per heavy atom. The van der Waals surface area contributed by atoms with Gasteiger partial charge >= 0.3 is 0 Å². The average molecular weight is 160 g/mol. The van der Waals surface area contributed by atoms with Gasteiger partial charge in [0.05, 0.1) is 6.26 Å². The predicted octanol–water partition coefficient (Wildman–Crippen LogP) is 3.16. The Kier molecular flexibility index (Phi) is 3.15. The highest BCUT2D eigenvalue weighted by Gasteiger charge is 1.96. The molecule has 0 aliphatic carbocycles. The SMILES string of the molecule is C=CCC(=CO)c1ccccc1. The van der Waals surface area contributed by atoms with Gasteiger partial charge in [-0.25, -0.2) is 0 Å². The van der Waals surface area contributed by atoms with Gasteiger partial charge in [0.25, 0.3) is 0 Å². The fourth-order valence-electron chi connectivity index (χ4n) is 1.05. The number of hydrogen-bond donors (Lipinski definition) is 1. The fraction of sp³-hybridized carbons (Fsp3) is 0.0909. The first-order valence-electron chi connectivity index (χ1n) is 3.88. The highest BCUT2D eigenvalue weighted by atomic mass is 16.2. The van der Waals surface area contributed by atoms with Gasteiger partial charge in [-0.05, 0) is 17.6 Å². The summed E-state index contributed by atoms with van der Waals surface area (Å²) < 4.78 is 0. The van der Waals surface area contributed by atoms with Crippen molar-refractivity contribution in [1.29, 1.82) is 0 Å². The first-order chi connectivity index (χ1) is 5.88. The first-order valence-corrected chi connectivity index (χ1v) is 3.88. The molecule has 1 N–H and O–H groups in total. The molecular formula is C11H12O. The first kappa shape index (κ1) is 8.60. The summed E-state index contributed by atoms with van der Waals surface area (Å²) in [6.45, 7) is 3.62. The van der Waals surface area contributed by atoms with Gasteiger partial charge in [0.15, 0.2) is 0 Å². The van der Waals surface area contributed by atoms with Crippen molar-refractivity contribution in [2.75, 3.05) is 0 Å². The van der Waals surface area contributed by atoms with Gasteiger partial charge in [-0.3, -0.25) is 0 Å². The van der Waals surface area contributed by atoms with Crippen LogP contribution in [0.25, 0.3) is 5.57 Å². The monoisotopic (exact) mass is 160 g/mol. The van der Waals surface area contributed by atoms with Crippen LogP contribution in [-0.2, 0) is 0 Å². The molecule has 0 fully saturated rings. The Hall–Kier alpha value is -1.50. The maximum Gasteiger partial charge on any atom is 0.0832 e. The third-order valence-corrected chi connectivity index (χ3v) is 1.66. The van der Waals surface area contributed by atoms with Gasteiger partial charge in [-0.2, -0.15) is 0 Å². The Morgan fingerprint density at radius 3 is 2.50 bits per heavy atom. The van der Waals surface area contributed by atoms with Crippen LogP contribution in [0.15, 0.2) is 49.2 Å². The van der Waals surface area contributed by atoms with Crippen molar-refractivity contribution in [2.24, 2.45) is 0 Å². The van der Waals surface area contributed by atoms with Crippen LogP contribution >= 0.6 is 0 Å². The van der Waals surface area contributed by atoms with Crippen LogP contribution in [0.1, 0.15) is 12.0 Å². The minimum absolute atomic E-state index is 0.695. The molecule has 0 radical (unpaired) electrons. The lowest BCUT2D eigenvalue weighted by Gasteiger charge is -2.01. The molecule has 1 aromatic carbocycles. The van der Waals surface area contributed by atoms with Crippen molar-refractivity contribution < 1.29 is 5.11 Å². The van der Waals surface area contributed by atoms with Crippen molar-refractivity contribution in [1.82, 2.24) is 0 Å². The van der Waals surface area contributed by atoms with Crippen LogP contribution in [0.5, 0.6) is 0 Å². The molecule has 1 nitrogen and oxygen atoms in total. The number of allylic oxidation sites excluding steroid dienone is 2. The summed E-state index contributed by atoms with van der Waals surface area (Å²) in [6.07, 6.45) is 3.60. The molecule has 0 spiro atoms. The molecule has 0 atom stereocenters. The summed E-state index contributed by atoms with van der Waals surface area (Å²) in [5.41, 5.74) is 1.94. The highest BCUT2D eigenvalue weighted by Crippen LogP contribution is 2.16. The van der Waals surface area contributed by atoms with E-state index in [1.54, 1.807) is 6.08 Å². The smallest absolute Gasteiger partial charge is 0.0832 e. The summed E-state index contributed by atoms with van der Waals surface area (Å²) in [4.78, 5) is 0. The molecule has 0 bridgehead atoms. The van der Waals surface area contributed by atoms with Crippen molar-refractivity contribution in [3.05, 3.63) is 54.8 Å². The van der Waals surface area contributed by atoms with E-state index in [-0.39, 0.29) is 0 Å². The molecule has 1 heteroatoms. The molecule has 62 valence electrons. The highest BCUT2D eigenvalue weighted by molar-refractivity contribution is 5.65. The van der Waals surface area contributed by atoms with Gasteiger partial charge in [0.2, 0.25) is 0 Å². The summed E-state index contributed by atoms with van der Waals surface area (Å²) in [7, 11) is 0. The van der Waals surface area contributed by atoms with Crippen LogP contribution in [-0.4, -0.2) is 5.11 Å². The van der Waals surface area contributed by atoms with E-state index in [0.717, 1.165) is 17.4 Å². The number of rotatable bonds is 3. The Morgan fingerprint density at radius 2 is 2.00 bits per heavy atom. The third kappa shape index (κ3) is 1.99.